The Kier molecular flexibility index (Phi) is 5.37. The minimum Gasteiger partial charge on any atom is -1.00 e. The van der Waals surface area contributed by atoms with Crippen LogP contribution in [0.15, 0.2) is 29.1 Å². The van der Waals surface area contributed by atoms with E-state index in [0.717, 1.165) is 55.2 Å². The highest BCUT2D eigenvalue weighted by Crippen LogP contribution is 2.19. The summed E-state index contributed by atoms with van der Waals surface area (Å²) in [5, 5.41) is 8.86. The van der Waals surface area contributed by atoms with Gasteiger partial charge in [0.15, 0.2) is 0 Å². The summed E-state index contributed by atoms with van der Waals surface area (Å²) in [5.41, 5.74) is 1.14. The monoisotopic (exact) mass is 307 g/mol. The fourth-order valence-corrected chi connectivity index (χ4v) is 3.10. The van der Waals surface area contributed by atoms with Gasteiger partial charge in [0, 0.05) is 18.2 Å². The van der Waals surface area contributed by atoms with E-state index in [1.165, 1.54) is 0 Å². The van der Waals surface area contributed by atoms with Gasteiger partial charge in [0.2, 0.25) is 0 Å². The smallest absolute Gasteiger partial charge is 0.274 e. The molecular formula is C16H22ClN3O. The number of rotatable bonds is 3. The lowest BCUT2D eigenvalue weighted by atomic mass is 10.1. The maximum absolute atomic E-state index is 12.7. The summed E-state index contributed by atoms with van der Waals surface area (Å²) in [6, 6.07) is 8.16. The molecule has 0 radical (unpaired) electrons. The highest BCUT2D eigenvalue weighted by atomic mass is 35.5. The predicted octanol–water partition coefficient (Wildman–Crippen LogP) is -1.75. The van der Waals surface area contributed by atoms with Crippen molar-refractivity contribution in [1.29, 1.82) is 0 Å². The number of halogens is 1. The SMILES string of the molecule is CCCc1nn(C2CC[NH2+]CC2)c(=O)c2ccccc12.[Cl-]. The third-order valence-electron chi connectivity index (χ3n) is 4.15. The Hall–Kier alpha value is -1.39. The largest absolute Gasteiger partial charge is 1.00 e. The molecule has 1 saturated heterocycles. The molecule has 0 unspecified atom stereocenters. The first-order valence-corrected chi connectivity index (χ1v) is 7.63. The third kappa shape index (κ3) is 3.11. The summed E-state index contributed by atoms with van der Waals surface area (Å²) in [6.45, 7) is 4.34. The van der Waals surface area contributed by atoms with Crippen molar-refractivity contribution in [2.45, 2.75) is 38.6 Å². The highest BCUT2D eigenvalue weighted by molar-refractivity contribution is 5.83. The Balaban J connectivity index is 0.00000161. The Bertz CT molecular complexity index is 662. The van der Waals surface area contributed by atoms with Gasteiger partial charge in [0.25, 0.3) is 5.56 Å². The molecule has 0 spiro atoms. The van der Waals surface area contributed by atoms with Crippen molar-refractivity contribution in [2.24, 2.45) is 0 Å². The fourth-order valence-electron chi connectivity index (χ4n) is 3.10. The van der Waals surface area contributed by atoms with E-state index in [4.69, 9.17) is 5.10 Å². The average molecular weight is 308 g/mol. The minimum absolute atomic E-state index is 0. The van der Waals surface area contributed by atoms with Crippen molar-refractivity contribution in [3.63, 3.8) is 0 Å². The summed E-state index contributed by atoms with van der Waals surface area (Å²) in [7, 11) is 0. The van der Waals surface area contributed by atoms with Gasteiger partial charge in [0.1, 0.15) is 0 Å². The van der Waals surface area contributed by atoms with Crippen molar-refractivity contribution in [3.05, 3.63) is 40.3 Å². The van der Waals surface area contributed by atoms with Gasteiger partial charge < -0.3 is 17.7 Å². The van der Waals surface area contributed by atoms with Gasteiger partial charge in [-0.05, 0) is 12.5 Å². The minimum atomic E-state index is 0. The summed E-state index contributed by atoms with van der Waals surface area (Å²) in [4.78, 5) is 12.7. The molecule has 0 saturated carbocycles. The van der Waals surface area contributed by atoms with Crippen molar-refractivity contribution >= 4 is 10.8 Å². The second-order valence-corrected chi connectivity index (χ2v) is 5.59. The molecule has 3 rings (SSSR count). The van der Waals surface area contributed by atoms with Crippen molar-refractivity contribution in [1.82, 2.24) is 9.78 Å². The topological polar surface area (TPSA) is 51.5 Å². The van der Waals surface area contributed by atoms with Crippen LogP contribution in [0.4, 0.5) is 0 Å². The van der Waals surface area contributed by atoms with E-state index in [9.17, 15) is 4.79 Å². The number of piperidine rings is 1. The molecule has 2 N–H and O–H groups in total. The lowest BCUT2D eigenvalue weighted by molar-refractivity contribution is -0.664. The molecular weight excluding hydrogens is 286 g/mol. The zero-order valence-corrected chi connectivity index (χ0v) is 13.1. The fraction of sp³-hybridized carbons (Fsp3) is 0.500. The van der Waals surface area contributed by atoms with Gasteiger partial charge in [0.05, 0.1) is 30.2 Å². The zero-order chi connectivity index (χ0) is 13.9. The molecule has 0 atom stereocenters. The van der Waals surface area contributed by atoms with Gasteiger partial charge in [-0.2, -0.15) is 5.10 Å². The molecule has 1 aliphatic heterocycles. The van der Waals surface area contributed by atoms with Crippen molar-refractivity contribution in [2.75, 3.05) is 13.1 Å². The molecule has 21 heavy (non-hydrogen) atoms. The van der Waals surface area contributed by atoms with Gasteiger partial charge in [-0.15, -0.1) is 0 Å². The van der Waals surface area contributed by atoms with E-state index >= 15 is 0 Å². The van der Waals surface area contributed by atoms with E-state index in [1.807, 2.05) is 24.3 Å². The van der Waals surface area contributed by atoms with Gasteiger partial charge in [-0.3, -0.25) is 4.79 Å². The first-order chi connectivity index (χ1) is 9.81. The van der Waals surface area contributed by atoms with Gasteiger partial charge in [-0.1, -0.05) is 31.5 Å². The normalized spacial score (nSPS) is 15.9. The molecule has 4 nitrogen and oxygen atoms in total. The number of benzene rings is 1. The van der Waals surface area contributed by atoms with Crippen LogP contribution in [0.2, 0.25) is 0 Å². The molecule has 1 aromatic carbocycles. The van der Waals surface area contributed by atoms with Crippen LogP contribution >= 0.6 is 0 Å². The second kappa shape index (κ2) is 7.05. The molecule has 114 valence electrons. The number of nitrogens with two attached hydrogens (primary N) is 1. The Labute approximate surface area is 131 Å². The van der Waals surface area contributed by atoms with Crippen molar-refractivity contribution in [3.8, 4) is 0 Å². The Morgan fingerprint density at radius 3 is 2.57 bits per heavy atom. The van der Waals surface area contributed by atoms with Crippen LogP contribution in [0.1, 0.15) is 37.9 Å². The van der Waals surface area contributed by atoms with Gasteiger partial charge in [-0.25, -0.2) is 4.68 Å². The molecule has 5 heteroatoms. The number of nitrogens with zero attached hydrogens (tertiary/aromatic N) is 2. The van der Waals surface area contributed by atoms with E-state index < -0.39 is 0 Å². The average Bonchev–Trinajstić information content (AvgIpc) is 2.51. The summed E-state index contributed by atoms with van der Waals surface area (Å²) >= 11 is 0. The van der Waals surface area contributed by atoms with Crippen molar-refractivity contribution < 1.29 is 17.7 Å². The Morgan fingerprint density at radius 1 is 1.24 bits per heavy atom. The molecule has 2 aromatic rings. The number of hydrogen-bond acceptors (Lipinski definition) is 2. The zero-order valence-electron chi connectivity index (χ0n) is 12.4. The van der Waals surface area contributed by atoms with Crippen LogP contribution in [0.5, 0.6) is 0 Å². The first-order valence-electron chi connectivity index (χ1n) is 7.63. The molecule has 1 aliphatic rings. The molecule has 0 bridgehead atoms. The first kappa shape index (κ1) is 16.0. The molecule has 1 aromatic heterocycles. The number of quaternary nitrogens is 1. The molecule has 2 heterocycles. The number of aryl methyl sites for hydroxylation is 1. The van der Waals surface area contributed by atoms with Crippen LogP contribution in [0.25, 0.3) is 10.8 Å². The Morgan fingerprint density at radius 2 is 1.90 bits per heavy atom. The van der Waals surface area contributed by atoms with Crippen LogP contribution < -0.4 is 23.3 Å². The number of aromatic nitrogens is 2. The van der Waals surface area contributed by atoms with E-state index in [2.05, 4.69) is 12.2 Å². The summed E-state index contributed by atoms with van der Waals surface area (Å²) in [5.74, 6) is 0. The van der Waals surface area contributed by atoms with Crippen LogP contribution in [-0.2, 0) is 6.42 Å². The number of hydrogen-bond donors (Lipinski definition) is 1. The van der Waals surface area contributed by atoms with Crippen LogP contribution in [-0.4, -0.2) is 22.9 Å². The number of fused-ring (bicyclic) bond motifs is 1. The third-order valence-corrected chi connectivity index (χ3v) is 4.15. The lowest BCUT2D eigenvalue weighted by Crippen LogP contribution is -3.00. The van der Waals surface area contributed by atoms with Crippen LogP contribution in [0.3, 0.4) is 0 Å². The lowest BCUT2D eigenvalue weighted by Gasteiger charge is -2.22. The maximum atomic E-state index is 12.7. The van der Waals surface area contributed by atoms with E-state index in [0.29, 0.717) is 0 Å². The van der Waals surface area contributed by atoms with Crippen LogP contribution in [0, 0.1) is 0 Å². The molecule has 1 fully saturated rings. The van der Waals surface area contributed by atoms with E-state index in [1.54, 1.807) is 4.68 Å². The molecule has 0 amide bonds. The summed E-state index contributed by atoms with van der Waals surface area (Å²) < 4.78 is 1.76. The predicted molar refractivity (Wildman–Crippen MR) is 79.9 cm³/mol. The van der Waals surface area contributed by atoms with Gasteiger partial charge >= 0.3 is 0 Å². The van der Waals surface area contributed by atoms with E-state index in [-0.39, 0.29) is 24.0 Å². The standard InChI is InChI=1S/C16H21N3O.ClH/c1-2-5-15-13-6-3-4-7-14(13)16(20)19(18-15)12-8-10-17-11-9-12;/h3-4,6-7,12,17H,2,5,8-11H2,1H3;1H. The molecule has 0 aliphatic carbocycles. The summed E-state index contributed by atoms with van der Waals surface area (Å²) in [6.07, 6.45) is 4.06. The quantitative estimate of drug-likeness (QED) is 0.731. The second-order valence-electron chi connectivity index (χ2n) is 5.59. The highest BCUT2D eigenvalue weighted by Gasteiger charge is 2.21. The maximum Gasteiger partial charge on any atom is 0.274 e.